The minimum absolute atomic E-state index is 0.0336. The predicted molar refractivity (Wildman–Crippen MR) is 163 cm³/mol. The van der Waals surface area contributed by atoms with Crippen LogP contribution in [0.5, 0.6) is 0 Å². The molecule has 2 fully saturated rings. The molecule has 10 nitrogen and oxygen atoms in total. The molecule has 0 spiro atoms. The highest BCUT2D eigenvalue weighted by molar-refractivity contribution is 5.65. The molecule has 2 aliphatic heterocycles. The van der Waals surface area contributed by atoms with E-state index in [1.165, 1.54) is 6.07 Å². The molecule has 0 radical (unpaired) electrons. The molecule has 1 amide bonds. The Balaban J connectivity index is 1.32. The second kappa shape index (κ2) is 11.9. The zero-order valence-electron chi connectivity index (χ0n) is 24.9. The summed E-state index contributed by atoms with van der Waals surface area (Å²) in [6, 6.07) is 14.9. The third kappa shape index (κ3) is 6.05. The summed E-state index contributed by atoms with van der Waals surface area (Å²) in [5.41, 5.74) is 9.61. The van der Waals surface area contributed by atoms with E-state index in [4.69, 9.17) is 20.6 Å². The second-order valence-electron chi connectivity index (χ2n) is 12.5. The van der Waals surface area contributed by atoms with Crippen LogP contribution >= 0.6 is 0 Å². The molecule has 0 aliphatic carbocycles. The number of nitrogens with zero attached hydrogens (tertiary/aromatic N) is 6. The number of imidazole rings is 1. The van der Waals surface area contributed by atoms with Crippen LogP contribution in [0.4, 0.5) is 15.0 Å². The normalized spacial score (nSPS) is 20.4. The molecule has 6 rings (SSSR count). The molecule has 0 saturated carbocycles. The van der Waals surface area contributed by atoms with Crippen LogP contribution in [0.1, 0.15) is 57.0 Å². The second-order valence-corrected chi connectivity index (χ2v) is 12.5. The molecule has 2 aliphatic rings. The first-order chi connectivity index (χ1) is 20.7. The van der Waals surface area contributed by atoms with Crippen molar-refractivity contribution in [2.24, 2.45) is 11.1 Å². The van der Waals surface area contributed by atoms with E-state index < -0.39 is 6.09 Å². The first-order valence-corrected chi connectivity index (χ1v) is 14.9. The number of ether oxygens (including phenoxy) is 1. The summed E-state index contributed by atoms with van der Waals surface area (Å²) in [7, 11) is 0. The molecule has 0 bridgehead atoms. The van der Waals surface area contributed by atoms with E-state index in [1.54, 1.807) is 12.1 Å². The van der Waals surface area contributed by atoms with Crippen LogP contribution in [0, 0.1) is 11.2 Å². The Morgan fingerprint density at radius 2 is 2.00 bits per heavy atom. The highest BCUT2D eigenvalue weighted by Crippen LogP contribution is 2.37. The molecule has 4 aromatic rings. The van der Waals surface area contributed by atoms with Crippen molar-refractivity contribution in [3.8, 4) is 11.3 Å². The van der Waals surface area contributed by atoms with E-state index in [1.807, 2.05) is 41.2 Å². The lowest BCUT2D eigenvalue weighted by molar-refractivity contribution is -0.000249. The zero-order valence-corrected chi connectivity index (χ0v) is 24.9. The Hall–Kier alpha value is -4.09. The Morgan fingerprint density at radius 3 is 2.79 bits per heavy atom. The minimum Gasteiger partial charge on any atom is -0.448 e. The topological polar surface area (TPSA) is 114 Å². The summed E-state index contributed by atoms with van der Waals surface area (Å²) in [6.45, 7) is 9.81. The number of piperazine rings is 1. The molecule has 226 valence electrons. The van der Waals surface area contributed by atoms with Crippen molar-refractivity contribution < 1.29 is 13.9 Å². The van der Waals surface area contributed by atoms with Gasteiger partial charge in [-0.3, -0.25) is 9.88 Å². The van der Waals surface area contributed by atoms with Gasteiger partial charge in [0.1, 0.15) is 18.2 Å². The lowest BCUT2D eigenvalue weighted by Crippen LogP contribution is -2.56. The number of nitrogens with two attached hydrogens (primary N) is 1. The average Bonchev–Trinajstić information content (AvgIpc) is 3.64. The van der Waals surface area contributed by atoms with E-state index in [-0.39, 0.29) is 36.0 Å². The van der Waals surface area contributed by atoms with Gasteiger partial charge in [0, 0.05) is 44.0 Å². The van der Waals surface area contributed by atoms with Crippen LogP contribution in [0.3, 0.4) is 0 Å². The molecule has 43 heavy (non-hydrogen) atoms. The van der Waals surface area contributed by atoms with E-state index >= 15 is 0 Å². The van der Waals surface area contributed by atoms with Gasteiger partial charge in [0.15, 0.2) is 5.65 Å². The molecule has 3 aromatic heterocycles. The van der Waals surface area contributed by atoms with Crippen molar-refractivity contribution in [1.82, 2.24) is 29.8 Å². The number of anilines is 1. The highest BCUT2D eigenvalue weighted by atomic mass is 19.1. The number of rotatable bonds is 7. The van der Waals surface area contributed by atoms with Crippen molar-refractivity contribution in [2.75, 3.05) is 37.7 Å². The molecule has 2 saturated heterocycles. The number of carbonyl (C=O) groups is 1. The lowest BCUT2D eigenvalue weighted by atomic mass is 9.84. The maximum Gasteiger partial charge on any atom is 0.404 e. The number of amides is 1. The Labute approximate surface area is 251 Å². The smallest absolute Gasteiger partial charge is 0.404 e. The first-order valence-electron chi connectivity index (χ1n) is 14.9. The maximum absolute atomic E-state index is 14.0. The number of hydrogen-bond donors (Lipinski definition) is 2. The molecule has 2 unspecified atom stereocenters. The molecule has 3 atom stereocenters. The lowest BCUT2D eigenvalue weighted by Gasteiger charge is -2.46. The van der Waals surface area contributed by atoms with Gasteiger partial charge in [0.25, 0.3) is 0 Å². The summed E-state index contributed by atoms with van der Waals surface area (Å²) >= 11 is 0. The fourth-order valence-corrected chi connectivity index (χ4v) is 6.48. The third-order valence-electron chi connectivity index (χ3n) is 8.62. The summed E-state index contributed by atoms with van der Waals surface area (Å²) in [5.74, 6) is 0.608. The van der Waals surface area contributed by atoms with Gasteiger partial charge in [-0.1, -0.05) is 32.9 Å². The largest absolute Gasteiger partial charge is 0.448 e. The van der Waals surface area contributed by atoms with Gasteiger partial charge in [0.2, 0.25) is 0 Å². The number of fused-ring (bicyclic) bond motifs is 1. The van der Waals surface area contributed by atoms with E-state index in [0.717, 1.165) is 66.5 Å². The van der Waals surface area contributed by atoms with Crippen LogP contribution in [-0.4, -0.2) is 69.4 Å². The highest BCUT2D eigenvalue weighted by Gasteiger charge is 2.38. The van der Waals surface area contributed by atoms with Crippen LogP contribution in [0.15, 0.2) is 60.9 Å². The molecule has 11 heteroatoms. The molecule has 5 heterocycles. The first kappa shape index (κ1) is 29.0. The van der Waals surface area contributed by atoms with Crippen LogP contribution in [-0.2, 0) is 4.74 Å². The van der Waals surface area contributed by atoms with Crippen LogP contribution < -0.4 is 16.0 Å². The number of halogens is 1. The van der Waals surface area contributed by atoms with Gasteiger partial charge in [0.05, 0.1) is 29.7 Å². The van der Waals surface area contributed by atoms with Gasteiger partial charge in [-0.25, -0.2) is 18.7 Å². The standard InChI is InChI=1S/C32H39FN8O2/c1-32(2,3)28(20-43-31(34)42)39-15-13-35-18-27(39)24-17-22(11-12-36-24)26-19-37-29-9-10-30(38-41(26)29)40-14-5-8-25(40)21-6-4-7-23(33)16-21/h4,6-7,9-12,16-17,19,25,27-28,35H,5,8,13-15,18,20H2,1-3H3,(H2,34,42)/t25?,27?,28-/m0/s1. The summed E-state index contributed by atoms with van der Waals surface area (Å²) in [6.07, 6.45) is 4.86. The molecule has 3 N–H and O–H groups in total. The van der Waals surface area contributed by atoms with E-state index in [0.29, 0.717) is 6.54 Å². The molecule has 1 aromatic carbocycles. The SMILES string of the molecule is CC(C)(C)[C@H](COC(N)=O)N1CCNCC1c1cc(-c2cnc3ccc(N4CCCC4c4cccc(F)c4)nn23)ccn1. The summed E-state index contributed by atoms with van der Waals surface area (Å²) < 4.78 is 21.2. The van der Waals surface area contributed by atoms with Crippen molar-refractivity contribution in [2.45, 2.75) is 51.7 Å². The third-order valence-corrected chi connectivity index (χ3v) is 8.62. The van der Waals surface area contributed by atoms with Gasteiger partial charge < -0.3 is 20.7 Å². The predicted octanol–water partition coefficient (Wildman–Crippen LogP) is 4.73. The van der Waals surface area contributed by atoms with Gasteiger partial charge in [-0.05, 0) is 60.2 Å². The number of aromatic nitrogens is 4. The van der Waals surface area contributed by atoms with E-state index in [9.17, 15) is 9.18 Å². The van der Waals surface area contributed by atoms with Gasteiger partial charge in [-0.2, -0.15) is 0 Å². The quantitative estimate of drug-likeness (QED) is 0.320. The van der Waals surface area contributed by atoms with Crippen molar-refractivity contribution >= 4 is 17.6 Å². The Kier molecular flexibility index (Phi) is 8.02. The monoisotopic (exact) mass is 586 g/mol. The van der Waals surface area contributed by atoms with Crippen LogP contribution in [0.25, 0.3) is 16.9 Å². The number of nitrogens with one attached hydrogen (secondary N) is 1. The summed E-state index contributed by atoms with van der Waals surface area (Å²) in [4.78, 5) is 25.5. The maximum atomic E-state index is 14.0. The van der Waals surface area contributed by atoms with E-state index in [2.05, 4.69) is 46.9 Å². The van der Waals surface area contributed by atoms with Gasteiger partial charge >= 0.3 is 6.09 Å². The number of carbonyl (C=O) groups excluding carboxylic acids is 1. The van der Waals surface area contributed by atoms with Gasteiger partial charge in [-0.15, -0.1) is 5.10 Å². The Morgan fingerprint density at radius 1 is 1.14 bits per heavy atom. The Bertz CT molecular complexity index is 1600. The zero-order chi connectivity index (χ0) is 30.1. The molecular weight excluding hydrogens is 547 g/mol. The number of primary amides is 1. The molecular formula is C32H39FN8O2. The van der Waals surface area contributed by atoms with Crippen LogP contribution in [0.2, 0.25) is 0 Å². The average molecular weight is 587 g/mol. The fraction of sp³-hybridized carbons (Fsp3) is 0.438. The number of hydrogen-bond acceptors (Lipinski definition) is 8. The number of benzene rings is 1. The van der Waals surface area contributed by atoms with Crippen molar-refractivity contribution in [1.29, 1.82) is 0 Å². The summed E-state index contributed by atoms with van der Waals surface area (Å²) in [5, 5.41) is 8.54. The number of pyridine rings is 1. The van der Waals surface area contributed by atoms with Crippen molar-refractivity contribution in [3.05, 3.63) is 78.0 Å². The minimum atomic E-state index is -0.767. The van der Waals surface area contributed by atoms with Crippen molar-refractivity contribution in [3.63, 3.8) is 0 Å². The fourth-order valence-electron chi connectivity index (χ4n) is 6.48.